The minimum atomic E-state index is -0.766. The van der Waals surface area contributed by atoms with Gasteiger partial charge in [0.1, 0.15) is 5.57 Å². The molecule has 0 radical (unpaired) electrons. The number of rotatable bonds is 7. The van der Waals surface area contributed by atoms with Gasteiger partial charge in [-0.15, -0.1) is 0 Å². The fraction of sp³-hybridized carbons (Fsp3) is 0.156. The Morgan fingerprint density at radius 2 is 1.67 bits per heavy atom. The average molecular weight is 520 g/mol. The third-order valence-electron chi connectivity index (χ3n) is 6.55. The van der Waals surface area contributed by atoms with E-state index in [4.69, 9.17) is 4.74 Å². The van der Waals surface area contributed by atoms with Crippen LogP contribution < -0.4 is 19.9 Å². The molecule has 1 fully saturated rings. The van der Waals surface area contributed by atoms with Gasteiger partial charge in [0.05, 0.1) is 11.4 Å². The Kier molecular flexibility index (Phi) is 7.41. The maximum absolute atomic E-state index is 13.1. The Labute approximate surface area is 227 Å². The van der Waals surface area contributed by atoms with Crippen molar-refractivity contribution in [2.45, 2.75) is 26.7 Å². The van der Waals surface area contributed by atoms with Crippen molar-refractivity contribution in [2.24, 2.45) is 0 Å². The molecule has 2 aliphatic rings. The zero-order chi connectivity index (χ0) is 27.4. The van der Waals surface area contributed by atoms with Crippen LogP contribution in [0.4, 0.5) is 16.2 Å². The topological polar surface area (TPSA) is 79.0 Å². The number of anilines is 2. The summed E-state index contributed by atoms with van der Waals surface area (Å²) in [5.41, 5.74) is 4.40. The van der Waals surface area contributed by atoms with Crippen molar-refractivity contribution >= 4 is 29.2 Å². The van der Waals surface area contributed by atoms with Crippen molar-refractivity contribution in [3.8, 4) is 16.9 Å². The van der Waals surface area contributed by atoms with Gasteiger partial charge >= 0.3 is 6.03 Å². The number of urea groups is 1. The van der Waals surface area contributed by atoms with Crippen LogP contribution in [0.2, 0.25) is 0 Å². The normalized spacial score (nSPS) is 17.2. The van der Waals surface area contributed by atoms with Crippen LogP contribution in [0.1, 0.15) is 25.3 Å². The molecule has 5 rings (SSSR count). The number of amides is 4. The first-order chi connectivity index (χ1) is 19.0. The molecule has 3 aromatic rings. The standard InChI is InChI=1S/C32H29N3O4/c1-3-4-19-34-27-21-24(23-12-6-5-7-13-23)17-18-28(27)39-29(34)16-9-8-15-26-30(36)33-32(38)35(31(26)37)25-14-10-11-22(2)20-25/h5-18,20-21H,3-4,19H2,1-2H3,(H,33,36,38)/b9-8+,26-15+,29-16-. The number of aryl methyl sites for hydroxylation is 1. The van der Waals surface area contributed by atoms with Crippen LogP contribution in [0.5, 0.6) is 5.75 Å². The van der Waals surface area contributed by atoms with Crippen LogP contribution in [-0.2, 0) is 9.59 Å². The van der Waals surface area contributed by atoms with E-state index in [1.807, 2.05) is 49.4 Å². The quantitative estimate of drug-likeness (QED) is 0.294. The largest absolute Gasteiger partial charge is 0.439 e. The Morgan fingerprint density at radius 1 is 0.872 bits per heavy atom. The number of ether oxygens (including phenoxy) is 1. The minimum absolute atomic E-state index is 0.128. The molecule has 7 nitrogen and oxygen atoms in total. The van der Waals surface area contributed by atoms with Gasteiger partial charge in [-0.05, 0) is 66.5 Å². The fourth-order valence-corrected chi connectivity index (χ4v) is 4.55. The van der Waals surface area contributed by atoms with Crippen molar-refractivity contribution in [3.05, 3.63) is 114 Å². The third kappa shape index (κ3) is 5.38. The number of nitrogens with zero attached hydrogens (tertiary/aromatic N) is 2. The second-order valence-electron chi connectivity index (χ2n) is 9.36. The van der Waals surface area contributed by atoms with Crippen molar-refractivity contribution < 1.29 is 19.1 Å². The van der Waals surface area contributed by atoms with Gasteiger partial charge in [-0.25, -0.2) is 9.69 Å². The third-order valence-corrected chi connectivity index (χ3v) is 6.55. The highest BCUT2D eigenvalue weighted by atomic mass is 16.5. The molecule has 1 saturated heterocycles. The van der Waals surface area contributed by atoms with Crippen LogP contribution in [-0.4, -0.2) is 24.4 Å². The summed E-state index contributed by atoms with van der Waals surface area (Å²) in [7, 11) is 0. The highest BCUT2D eigenvalue weighted by molar-refractivity contribution is 6.37. The van der Waals surface area contributed by atoms with Crippen LogP contribution in [0.3, 0.4) is 0 Å². The Morgan fingerprint density at radius 3 is 2.44 bits per heavy atom. The number of unbranched alkanes of at least 4 members (excludes halogenated alkanes) is 1. The second-order valence-corrected chi connectivity index (χ2v) is 9.36. The van der Waals surface area contributed by atoms with E-state index in [-0.39, 0.29) is 5.57 Å². The van der Waals surface area contributed by atoms with Crippen LogP contribution in [0.15, 0.2) is 109 Å². The van der Waals surface area contributed by atoms with Crippen LogP contribution >= 0.6 is 0 Å². The number of fused-ring (bicyclic) bond motifs is 1. The fourth-order valence-electron chi connectivity index (χ4n) is 4.55. The monoisotopic (exact) mass is 519 g/mol. The van der Waals surface area contributed by atoms with Gasteiger partial charge in [0.15, 0.2) is 5.75 Å². The SMILES string of the molecule is CCCCN1/C(=C/C=C/C=C2\C(=O)NC(=O)N(c3cccc(C)c3)C2=O)Oc2ccc(-c3ccccc3)cc21. The summed E-state index contributed by atoms with van der Waals surface area (Å²) in [4.78, 5) is 41.0. The number of nitrogens with one attached hydrogen (secondary N) is 1. The molecule has 0 saturated carbocycles. The maximum Gasteiger partial charge on any atom is 0.335 e. The van der Waals surface area contributed by atoms with Gasteiger partial charge in [-0.2, -0.15) is 0 Å². The number of benzene rings is 3. The number of carbonyl (C=O) groups is 3. The van der Waals surface area contributed by atoms with E-state index >= 15 is 0 Å². The lowest BCUT2D eigenvalue weighted by Crippen LogP contribution is -2.54. The van der Waals surface area contributed by atoms with Crippen molar-refractivity contribution in [1.82, 2.24) is 5.32 Å². The number of carbonyl (C=O) groups excluding carboxylic acids is 3. The Bertz CT molecular complexity index is 1520. The van der Waals surface area contributed by atoms with E-state index in [0.29, 0.717) is 11.6 Å². The van der Waals surface area contributed by atoms with Crippen LogP contribution in [0.25, 0.3) is 11.1 Å². The summed E-state index contributed by atoms with van der Waals surface area (Å²) >= 11 is 0. The van der Waals surface area contributed by atoms with Gasteiger partial charge < -0.3 is 9.64 Å². The molecule has 0 unspecified atom stereocenters. The first-order valence-corrected chi connectivity index (χ1v) is 13.0. The maximum atomic E-state index is 13.1. The highest BCUT2D eigenvalue weighted by Gasteiger charge is 2.36. The molecule has 0 atom stereocenters. The molecule has 4 amide bonds. The Hall–Kier alpha value is -4.91. The molecule has 2 aliphatic heterocycles. The van der Waals surface area contributed by atoms with E-state index in [1.165, 1.54) is 6.08 Å². The number of barbiturate groups is 1. The first-order valence-electron chi connectivity index (χ1n) is 13.0. The van der Waals surface area contributed by atoms with Gasteiger partial charge in [0.25, 0.3) is 11.8 Å². The predicted octanol–water partition coefficient (Wildman–Crippen LogP) is 6.27. The first kappa shape index (κ1) is 25.7. The Balaban J connectivity index is 1.39. The predicted molar refractivity (Wildman–Crippen MR) is 152 cm³/mol. The zero-order valence-corrected chi connectivity index (χ0v) is 21.9. The lowest BCUT2D eigenvalue weighted by molar-refractivity contribution is -0.122. The van der Waals surface area contributed by atoms with E-state index in [0.717, 1.165) is 52.4 Å². The molecule has 0 bridgehead atoms. The molecule has 196 valence electrons. The summed E-state index contributed by atoms with van der Waals surface area (Å²) in [6.07, 6.45) is 8.57. The number of hydrogen-bond donors (Lipinski definition) is 1. The minimum Gasteiger partial charge on any atom is -0.439 e. The summed E-state index contributed by atoms with van der Waals surface area (Å²) in [6.45, 7) is 4.80. The molecular formula is C32H29N3O4. The molecule has 0 aliphatic carbocycles. The number of imide groups is 2. The summed E-state index contributed by atoms with van der Waals surface area (Å²) < 4.78 is 6.16. The van der Waals surface area contributed by atoms with Gasteiger partial charge in [-0.3, -0.25) is 14.9 Å². The number of allylic oxidation sites excluding steroid dienone is 4. The molecular weight excluding hydrogens is 490 g/mol. The van der Waals surface area contributed by atoms with Crippen LogP contribution in [0, 0.1) is 6.92 Å². The van der Waals surface area contributed by atoms with Gasteiger partial charge in [0.2, 0.25) is 5.88 Å². The summed E-state index contributed by atoms with van der Waals surface area (Å²) in [5.74, 6) is 0.0372. The lowest BCUT2D eigenvalue weighted by atomic mass is 10.0. The number of hydrogen-bond acceptors (Lipinski definition) is 5. The smallest absolute Gasteiger partial charge is 0.335 e. The summed E-state index contributed by atoms with van der Waals surface area (Å²) in [5, 5.41) is 2.25. The van der Waals surface area contributed by atoms with E-state index < -0.39 is 17.8 Å². The van der Waals surface area contributed by atoms with Crippen molar-refractivity contribution in [2.75, 3.05) is 16.3 Å². The highest BCUT2D eigenvalue weighted by Crippen LogP contribution is 2.41. The molecule has 0 aromatic heterocycles. The average Bonchev–Trinajstić information content (AvgIpc) is 3.28. The van der Waals surface area contributed by atoms with Crippen molar-refractivity contribution in [3.63, 3.8) is 0 Å². The molecule has 7 heteroatoms. The molecule has 1 N–H and O–H groups in total. The molecule has 39 heavy (non-hydrogen) atoms. The molecule has 0 spiro atoms. The van der Waals surface area contributed by atoms with Gasteiger partial charge in [-0.1, -0.05) is 74.0 Å². The van der Waals surface area contributed by atoms with Gasteiger partial charge in [0, 0.05) is 6.54 Å². The van der Waals surface area contributed by atoms with Crippen molar-refractivity contribution in [1.29, 1.82) is 0 Å². The molecule has 2 heterocycles. The zero-order valence-electron chi connectivity index (χ0n) is 21.9. The summed E-state index contributed by atoms with van der Waals surface area (Å²) in [6, 6.07) is 22.6. The van der Waals surface area contributed by atoms with E-state index in [2.05, 4.69) is 35.3 Å². The molecule has 3 aromatic carbocycles. The van der Waals surface area contributed by atoms with E-state index in [1.54, 1.807) is 30.4 Å². The lowest BCUT2D eigenvalue weighted by Gasteiger charge is -2.26. The van der Waals surface area contributed by atoms with E-state index in [9.17, 15) is 14.4 Å². The second kappa shape index (κ2) is 11.2.